The molecule has 0 bridgehead atoms. The van der Waals surface area contributed by atoms with Crippen molar-refractivity contribution in [3.63, 3.8) is 0 Å². The van der Waals surface area contributed by atoms with Crippen LogP contribution < -0.4 is 15.0 Å². The molecule has 2 aromatic carbocycles. The number of likely N-dealkylation sites (tertiary alicyclic amines) is 1. The van der Waals surface area contributed by atoms with E-state index < -0.39 is 20.5 Å². The van der Waals surface area contributed by atoms with Gasteiger partial charge in [-0.2, -0.15) is 0 Å². The van der Waals surface area contributed by atoms with Crippen molar-refractivity contribution in [3.05, 3.63) is 54.1 Å². The minimum Gasteiger partial charge on any atom is -0.497 e. The van der Waals surface area contributed by atoms with Gasteiger partial charge in [-0.1, -0.05) is 44.4 Å². The van der Waals surface area contributed by atoms with Crippen molar-refractivity contribution in [3.8, 4) is 11.5 Å². The molecule has 3 rings (SSSR count). The summed E-state index contributed by atoms with van der Waals surface area (Å²) in [5.41, 5.74) is 2.23. The van der Waals surface area contributed by atoms with E-state index in [0.717, 1.165) is 19.6 Å². The molecule has 198 valence electrons. The number of nitrogens with zero attached hydrogens (tertiary/aromatic N) is 1. The van der Waals surface area contributed by atoms with Crippen LogP contribution in [0.4, 0.5) is 0 Å². The maximum Gasteiger partial charge on any atom is 0.265 e. The summed E-state index contributed by atoms with van der Waals surface area (Å²) in [4.78, 5) is 15.5. The predicted octanol–water partition coefficient (Wildman–Crippen LogP) is 4.01. The fourth-order valence-electron chi connectivity index (χ4n) is 4.86. The number of sulfone groups is 1. The van der Waals surface area contributed by atoms with Gasteiger partial charge in [0.25, 0.3) is 5.91 Å². The highest BCUT2D eigenvalue weighted by Crippen LogP contribution is 2.37. The minimum atomic E-state index is -4.21. The van der Waals surface area contributed by atoms with Gasteiger partial charge in [-0.15, -0.1) is 0 Å². The summed E-state index contributed by atoms with van der Waals surface area (Å²) < 4.78 is 37.3. The third-order valence-electron chi connectivity index (χ3n) is 6.87. The number of amides is 1. The predicted molar refractivity (Wildman–Crippen MR) is 138 cm³/mol. The lowest BCUT2D eigenvalue weighted by atomic mass is 9.92. The van der Waals surface area contributed by atoms with Gasteiger partial charge in [0.05, 0.1) is 12.0 Å². The summed E-state index contributed by atoms with van der Waals surface area (Å²) in [5.74, 6) is 0.0906. The van der Waals surface area contributed by atoms with Crippen LogP contribution in [0.3, 0.4) is 0 Å². The van der Waals surface area contributed by atoms with Gasteiger partial charge in [-0.3, -0.25) is 14.9 Å². The molecule has 1 saturated heterocycles. The smallest absolute Gasteiger partial charge is 0.265 e. The first-order valence-electron chi connectivity index (χ1n) is 12.6. The molecule has 2 N–H and O–H groups in total. The summed E-state index contributed by atoms with van der Waals surface area (Å²) in [7, 11) is -2.72. The molecule has 1 aliphatic rings. The van der Waals surface area contributed by atoms with Crippen LogP contribution in [0.15, 0.2) is 53.4 Å². The third kappa shape index (κ3) is 6.38. The average Bonchev–Trinajstić information content (AvgIpc) is 3.17. The van der Waals surface area contributed by atoms with Gasteiger partial charge in [0, 0.05) is 13.0 Å². The molecule has 1 heterocycles. The van der Waals surface area contributed by atoms with E-state index in [-0.39, 0.29) is 17.7 Å². The highest BCUT2D eigenvalue weighted by Gasteiger charge is 2.51. The fourth-order valence-corrected chi connectivity index (χ4v) is 6.92. The van der Waals surface area contributed by atoms with Crippen LogP contribution in [0, 0.1) is 0 Å². The van der Waals surface area contributed by atoms with Crippen molar-refractivity contribution in [2.24, 2.45) is 0 Å². The first-order valence-corrected chi connectivity index (χ1v) is 14.1. The van der Waals surface area contributed by atoms with E-state index in [4.69, 9.17) is 9.47 Å². The largest absolute Gasteiger partial charge is 0.497 e. The molecule has 1 amide bonds. The number of carbonyl (C=O) groups excluding carboxylic acids is 1. The van der Waals surface area contributed by atoms with Crippen molar-refractivity contribution in [2.75, 3.05) is 33.4 Å². The second-order valence-electron chi connectivity index (χ2n) is 9.25. The molecule has 0 spiro atoms. The number of ether oxygens (including phenoxy) is 2. The van der Waals surface area contributed by atoms with Gasteiger partial charge in [0.15, 0.2) is 14.6 Å². The van der Waals surface area contributed by atoms with Gasteiger partial charge in [-0.05, 0) is 68.2 Å². The van der Waals surface area contributed by atoms with E-state index in [9.17, 15) is 18.4 Å². The lowest BCUT2D eigenvalue weighted by molar-refractivity contribution is -0.132. The highest BCUT2D eigenvalue weighted by molar-refractivity contribution is 7.93. The first kappa shape index (κ1) is 28.0. The van der Waals surface area contributed by atoms with Gasteiger partial charge < -0.3 is 9.47 Å². The molecule has 1 aliphatic heterocycles. The molecule has 1 atom stereocenters. The summed E-state index contributed by atoms with van der Waals surface area (Å²) in [6, 6.07) is 13.1. The molecule has 0 aliphatic carbocycles. The Bertz CT molecular complexity index is 1080. The van der Waals surface area contributed by atoms with E-state index in [2.05, 4.69) is 4.90 Å². The van der Waals surface area contributed by atoms with Crippen LogP contribution in [-0.2, 0) is 21.1 Å². The molecule has 0 radical (unpaired) electrons. The molecule has 0 aromatic heterocycles. The van der Waals surface area contributed by atoms with Gasteiger partial charge in [0.2, 0.25) is 0 Å². The number of carbonyl (C=O) groups is 1. The zero-order valence-electron chi connectivity index (χ0n) is 21.2. The Kier molecular flexibility index (Phi) is 10.2. The number of benzene rings is 2. The summed E-state index contributed by atoms with van der Waals surface area (Å²) in [6.45, 7) is 5.18. The van der Waals surface area contributed by atoms with Gasteiger partial charge in [0.1, 0.15) is 18.1 Å². The van der Waals surface area contributed by atoms with Crippen molar-refractivity contribution < 1.29 is 27.9 Å². The van der Waals surface area contributed by atoms with Gasteiger partial charge >= 0.3 is 0 Å². The van der Waals surface area contributed by atoms with Crippen LogP contribution in [0.2, 0.25) is 0 Å². The molecule has 36 heavy (non-hydrogen) atoms. The van der Waals surface area contributed by atoms with Gasteiger partial charge in [-0.25, -0.2) is 13.9 Å². The van der Waals surface area contributed by atoms with Crippen molar-refractivity contribution >= 4 is 15.7 Å². The Labute approximate surface area is 214 Å². The maximum absolute atomic E-state index is 14.0. The fraction of sp³-hybridized carbons (Fsp3) is 0.519. The molecule has 8 nitrogen and oxygen atoms in total. The molecule has 2 aromatic rings. The second kappa shape index (κ2) is 13.1. The summed E-state index contributed by atoms with van der Waals surface area (Å²) in [5, 5.41) is 9.62. The highest BCUT2D eigenvalue weighted by atomic mass is 32.2. The summed E-state index contributed by atoms with van der Waals surface area (Å²) >= 11 is 0. The topological polar surface area (TPSA) is 105 Å². The molecular formula is C27H38N2O6S. The molecule has 0 saturated carbocycles. The van der Waals surface area contributed by atoms with E-state index >= 15 is 0 Å². The lowest BCUT2D eigenvalue weighted by Gasteiger charge is -2.32. The van der Waals surface area contributed by atoms with Crippen LogP contribution in [0.5, 0.6) is 11.5 Å². The Balaban J connectivity index is 1.91. The van der Waals surface area contributed by atoms with Crippen LogP contribution in [0.1, 0.15) is 51.0 Å². The monoisotopic (exact) mass is 518 g/mol. The maximum atomic E-state index is 14.0. The van der Waals surface area contributed by atoms with Crippen molar-refractivity contribution in [1.82, 2.24) is 10.4 Å². The van der Waals surface area contributed by atoms with E-state index in [1.807, 2.05) is 13.0 Å². The Morgan fingerprint density at radius 2 is 1.72 bits per heavy atom. The molecule has 9 heteroatoms. The zero-order valence-corrected chi connectivity index (χ0v) is 22.1. The molecule has 1 unspecified atom stereocenters. The number of hydrogen-bond acceptors (Lipinski definition) is 7. The number of nitrogens with one attached hydrogen (secondary N) is 1. The number of rotatable bonds is 12. The average molecular weight is 519 g/mol. The number of hydroxylamine groups is 1. The van der Waals surface area contributed by atoms with Crippen LogP contribution in [-0.4, -0.2) is 62.5 Å². The molecule has 1 fully saturated rings. The second-order valence-corrected chi connectivity index (χ2v) is 11.5. The van der Waals surface area contributed by atoms with Crippen molar-refractivity contribution in [1.29, 1.82) is 0 Å². The Morgan fingerprint density at radius 1 is 1.06 bits per heavy atom. The Hall–Kier alpha value is -2.62. The zero-order chi connectivity index (χ0) is 26.0. The van der Waals surface area contributed by atoms with E-state index in [1.165, 1.54) is 44.9 Å². The standard InChI is InChI=1S/C27H38N2O6S/c1-3-16-27(26(30)28-31,36(32,33)24-14-12-23(34-2)13-15-24)21-22-10-6-7-11-25(22)35-20-19-29-17-8-4-5-9-18-29/h6-7,10-15,31H,3-5,8-9,16-21H2,1-2H3,(H,28,30). The third-order valence-corrected chi connectivity index (χ3v) is 9.32. The minimum absolute atomic E-state index is 0.0140. The normalized spacial score (nSPS) is 16.5. The SMILES string of the molecule is CCCC(Cc1ccccc1OCCN1CCCCCC1)(C(=O)NO)S(=O)(=O)c1ccc(OC)cc1. The number of methoxy groups -OCH3 is 1. The molecular weight excluding hydrogens is 480 g/mol. The summed E-state index contributed by atoms with van der Waals surface area (Å²) in [6.07, 6.45) is 5.20. The number of hydrogen-bond donors (Lipinski definition) is 2. The van der Waals surface area contributed by atoms with E-state index in [0.29, 0.717) is 30.1 Å². The van der Waals surface area contributed by atoms with Crippen LogP contribution >= 0.6 is 0 Å². The lowest BCUT2D eigenvalue weighted by Crippen LogP contribution is -2.53. The quantitative estimate of drug-likeness (QED) is 0.323. The Morgan fingerprint density at radius 3 is 2.33 bits per heavy atom. The van der Waals surface area contributed by atoms with Crippen LogP contribution in [0.25, 0.3) is 0 Å². The number of para-hydroxylation sites is 1. The van der Waals surface area contributed by atoms with E-state index in [1.54, 1.807) is 35.8 Å². The first-order chi connectivity index (χ1) is 17.4. The van der Waals surface area contributed by atoms with Crippen molar-refractivity contribution in [2.45, 2.75) is 61.5 Å².